The Morgan fingerprint density at radius 3 is 2.40 bits per heavy atom. The van der Waals surface area contributed by atoms with Crippen LogP contribution in [0, 0.1) is 11.8 Å². The van der Waals surface area contributed by atoms with E-state index >= 15 is 0 Å². The Bertz CT molecular complexity index is 366. The second-order valence-corrected chi connectivity index (χ2v) is 8.09. The Hall–Kier alpha value is -0.130. The fourth-order valence-electron chi connectivity index (χ4n) is 3.44. The molecule has 1 saturated heterocycles. The van der Waals surface area contributed by atoms with Gasteiger partial charge in [0.25, 0.3) is 0 Å². The topological polar surface area (TPSA) is 49.4 Å². The summed E-state index contributed by atoms with van der Waals surface area (Å²) in [4.78, 5) is 0. The van der Waals surface area contributed by atoms with Crippen molar-refractivity contribution in [2.75, 3.05) is 25.9 Å². The van der Waals surface area contributed by atoms with Gasteiger partial charge in [-0.2, -0.15) is 0 Å². The normalized spacial score (nSPS) is 23.1. The Labute approximate surface area is 125 Å². The largest absolute Gasteiger partial charge is 0.314 e. The zero-order valence-corrected chi connectivity index (χ0v) is 14.4. The predicted molar refractivity (Wildman–Crippen MR) is 85.3 cm³/mol. The molecule has 0 amide bonds. The molecular weight excluding hydrogens is 272 g/mol. The molecule has 4 nitrogen and oxygen atoms in total. The van der Waals surface area contributed by atoms with Crippen molar-refractivity contribution in [2.24, 2.45) is 11.8 Å². The van der Waals surface area contributed by atoms with E-state index in [1.165, 1.54) is 19.1 Å². The monoisotopic (exact) mass is 304 g/mol. The molecule has 0 spiro atoms. The van der Waals surface area contributed by atoms with Crippen molar-refractivity contribution in [2.45, 2.75) is 58.9 Å². The molecule has 1 heterocycles. The standard InChI is InChI=1S/C15H32N2O2S/c1-5-14(6-2)15(16-7-3)11-13-9-8-10-17(12-13)20(4,18)19/h13-16H,5-12H2,1-4H3. The molecule has 20 heavy (non-hydrogen) atoms. The molecule has 0 saturated carbocycles. The summed E-state index contributed by atoms with van der Waals surface area (Å²) in [6, 6.07) is 0.527. The summed E-state index contributed by atoms with van der Waals surface area (Å²) in [6.45, 7) is 9.06. The second-order valence-electron chi connectivity index (χ2n) is 6.11. The van der Waals surface area contributed by atoms with Crippen LogP contribution in [-0.2, 0) is 10.0 Å². The van der Waals surface area contributed by atoms with Crippen LogP contribution in [0.25, 0.3) is 0 Å². The first-order valence-electron chi connectivity index (χ1n) is 8.10. The molecule has 1 aliphatic heterocycles. The maximum absolute atomic E-state index is 11.7. The van der Waals surface area contributed by atoms with Crippen LogP contribution in [-0.4, -0.2) is 44.7 Å². The van der Waals surface area contributed by atoms with Crippen LogP contribution in [0.2, 0.25) is 0 Å². The molecule has 1 fully saturated rings. The van der Waals surface area contributed by atoms with Crippen molar-refractivity contribution in [3.8, 4) is 0 Å². The van der Waals surface area contributed by atoms with Crippen LogP contribution in [0.5, 0.6) is 0 Å². The van der Waals surface area contributed by atoms with Gasteiger partial charge in [-0.15, -0.1) is 0 Å². The molecule has 2 unspecified atom stereocenters. The van der Waals surface area contributed by atoms with Gasteiger partial charge in [-0.05, 0) is 37.6 Å². The minimum Gasteiger partial charge on any atom is -0.314 e. The highest BCUT2D eigenvalue weighted by molar-refractivity contribution is 7.88. The SMILES string of the molecule is CCNC(CC1CCCN(S(C)(=O)=O)C1)C(CC)CC. The lowest BCUT2D eigenvalue weighted by molar-refractivity contribution is 0.210. The van der Waals surface area contributed by atoms with E-state index in [0.717, 1.165) is 25.8 Å². The molecular formula is C15H32N2O2S. The highest BCUT2D eigenvalue weighted by Crippen LogP contribution is 2.26. The summed E-state index contributed by atoms with van der Waals surface area (Å²) in [5, 5.41) is 3.62. The van der Waals surface area contributed by atoms with Gasteiger partial charge in [0.1, 0.15) is 0 Å². The number of nitrogens with one attached hydrogen (secondary N) is 1. The van der Waals surface area contributed by atoms with Crippen LogP contribution in [0.3, 0.4) is 0 Å². The summed E-state index contributed by atoms with van der Waals surface area (Å²) in [5.74, 6) is 1.20. The highest BCUT2D eigenvalue weighted by Gasteiger charge is 2.29. The Balaban J connectivity index is 2.63. The number of piperidine rings is 1. The van der Waals surface area contributed by atoms with E-state index in [1.54, 1.807) is 4.31 Å². The number of hydrogen-bond acceptors (Lipinski definition) is 3. The Morgan fingerprint density at radius 2 is 1.90 bits per heavy atom. The van der Waals surface area contributed by atoms with E-state index in [0.29, 0.717) is 31.0 Å². The van der Waals surface area contributed by atoms with Crippen molar-refractivity contribution in [3.05, 3.63) is 0 Å². The first kappa shape index (κ1) is 17.9. The molecule has 2 atom stereocenters. The fraction of sp³-hybridized carbons (Fsp3) is 1.00. The summed E-state index contributed by atoms with van der Waals surface area (Å²) < 4.78 is 25.1. The Kier molecular flexibility index (Phi) is 7.48. The summed E-state index contributed by atoms with van der Waals surface area (Å²) >= 11 is 0. The predicted octanol–water partition coefficient (Wildman–Crippen LogP) is 2.46. The number of rotatable bonds is 8. The summed E-state index contributed by atoms with van der Waals surface area (Å²) in [5.41, 5.74) is 0. The van der Waals surface area contributed by atoms with E-state index < -0.39 is 10.0 Å². The maximum Gasteiger partial charge on any atom is 0.211 e. The van der Waals surface area contributed by atoms with Crippen molar-refractivity contribution in [3.63, 3.8) is 0 Å². The lowest BCUT2D eigenvalue weighted by Crippen LogP contribution is -2.43. The van der Waals surface area contributed by atoms with Gasteiger partial charge >= 0.3 is 0 Å². The van der Waals surface area contributed by atoms with Crippen LogP contribution >= 0.6 is 0 Å². The fourth-order valence-corrected chi connectivity index (χ4v) is 4.38. The van der Waals surface area contributed by atoms with Gasteiger partial charge in [0, 0.05) is 19.1 Å². The first-order valence-corrected chi connectivity index (χ1v) is 9.95. The van der Waals surface area contributed by atoms with E-state index in [1.807, 2.05) is 0 Å². The number of sulfonamides is 1. The third-order valence-corrected chi connectivity index (χ3v) is 5.89. The van der Waals surface area contributed by atoms with Gasteiger partial charge in [-0.3, -0.25) is 0 Å². The van der Waals surface area contributed by atoms with Crippen LogP contribution < -0.4 is 5.32 Å². The average Bonchev–Trinajstić information content (AvgIpc) is 2.39. The van der Waals surface area contributed by atoms with Gasteiger partial charge in [-0.25, -0.2) is 12.7 Å². The minimum atomic E-state index is -3.03. The zero-order chi connectivity index (χ0) is 15.2. The summed E-state index contributed by atoms with van der Waals surface area (Å²) in [6.07, 6.45) is 6.98. The lowest BCUT2D eigenvalue weighted by atomic mass is 9.84. The molecule has 1 N–H and O–H groups in total. The molecule has 1 aliphatic rings. The molecule has 120 valence electrons. The van der Waals surface area contributed by atoms with Gasteiger partial charge < -0.3 is 5.32 Å². The average molecular weight is 305 g/mol. The number of hydrogen-bond donors (Lipinski definition) is 1. The molecule has 0 aromatic carbocycles. The van der Waals surface area contributed by atoms with Crippen molar-refractivity contribution in [1.29, 1.82) is 0 Å². The maximum atomic E-state index is 11.7. The van der Waals surface area contributed by atoms with Gasteiger partial charge in [0.15, 0.2) is 0 Å². The van der Waals surface area contributed by atoms with Gasteiger partial charge in [0.05, 0.1) is 6.26 Å². The van der Waals surface area contributed by atoms with Gasteiger partial charge in [-0.1, -0.05) is 33.6 Å². The lowest BCUT2D eigenvalue weighted by Gasteiger charge is -2.35. The summed E-state index contributed by atoms with van der Waals surface area (Å²) in [7, 11) is -3.03. The third kappa shape index (κ3) is 5.34. The van der Waals surface area contributed by atoms with Crippen LogP contribution in [0.4, 0.5) is 0 Å². The second kappa shape index (κ2) is 8.35. The number of nitrogens with zero attached hydrogens (tertiary/aromatic N) is 1. The molecule has 0 aromatic rings. The smallest absolute Gasteiger partial charge is 0.211 e. The Morgan fingerprint density at radius 1 is 1.25 bits per heavy atom. The molecule has 0 aliphatic carbocycles. The molecule has 1 rings (SSSR count). The van der Waals surface area contributed by atoms with Crippen molar-refractivity contribution < 1.29 is 8.42 Å². The quantitative estimate of drug-likeness (QED) is 0.749. The van der Waals surface area contributed by atoms with Crippen LogP contribution in [0.15, 0.2) is 0 Å². The molecule has 0 aromatic heterocycles. The van der Waals surface area contributed by atoms with E-state index in [-0.39, 0.29) is 0 Å². The molecule has 5 heteroatoms. The first-order chi connectivity index (χ1) is 9.42. The van der Waals surface area contributed by atoms with Crippen LogP contribution in [0.1, 0.15) is 52.9 Å². The molecule has 0 radical (unpaired) electrons. The van der Waals surface area contributed by atoms with Gasteiger partial charge in [0.2, 0.25) is 10.0 Å². The zero-order valence-electron chi connectivity index (χ0n) is 13.6. The molecule has 0 bridgehead atoms. The highest BCUT2D eigenvalue weighted by atomic mass is 32.2. The minimum absolute atomic E-state index is 0.503. The van der Waals surface area contributed by atoms with Crippen molar-refractivity contribution in [1.82, 2.24) is 9.62 Å². The van der Waals surface area contributed by atoms with Crippen molar-refractivity contribution >= 4 is 10.0 Å². The van der Waals surface area contributed by atoms with E-state index in [9.17, 15) is 8.42 Å². The van der Waals surface area contributed by atoms with E-state index in [4.69, 9.17) is 0 Å². The third-order valence-electron chi connectivity index (χ3n) is 4.62. The van der Waals surface area contributed by atoms with E-state index in [2.05, 4.69) is 26.1 Å².